The van der Waals surface area contributed by atoms with Crippen molar-refractivity contribution in [1.29, 1.82) is 0 Å². The first kappa shape index (κ1) is 12.7. The molecule has 0 heteroatoms. The fourth-order valence-corrected chi connectivity index (χ4v) is 3.38. The second-order valence-electron chi connectivity index (χ2n) is 5.72. The molecular formula is C17H25-. The van der Waals surface area contributed by atoms with Crippen molar-refractivity contribution in [2.75, 3.05) is 0 Å². The minimum atomic E-state index is 0.689. The van der Waals surface area contributed by atoms with Gasteiger partial charge in [-0.3, -0.25) is 0 Å². The summed E-state index contributed by atoms with van der Waals surface area (Å²) in [6.45, 7) is 4.62. The SMILES string of the molecule is C[C-](C)C(c1ccccc1)C1CCCCCC1. The molecule has 1 saturated carbocycles. The van der Waals surface area contributed by atoms with Crippen LogP contribution in [0.5, 0.6) is 0 Å². The molecule has 1 aliphatic rings. The molecule has 0 nitrogen and oxygen atoms in total. The lowest BCUT2D eigenvalue weighted by Crippen LogP contribution is -2.16. The van der Waals surface area contributed by atoms with Gasteiger partial charge >= 0.3 is 0 Å². The lowest BCUT2D eigenvalue weighted by molar-refractivity contribution is 0.384. The second-order valence-corrected chi connectivity index (χ2v) is 5.72. The highest BCUT2D eigenvalue weighted by atomic mass is 14.3. The Kier molecular flexibility index (Phi) is 4.65. The Hall–Kier alpha value is -0.780. The molecule has 1 fully saturated rings. The summed E-state index contributed by atoms with van der Waals surface area (Å²) in [6.07, 6.45) is 8.60. The van der Waals surface area contributed by atoms with Crippen LogP contribution in [0.3, 0.4) is 0 Å². The maximum atomic E-state index is 2.31. The molecule has 0 aromatic heterocycles. The Morgan fingerprint density at radius 1 is 0.941 bits per heavy atom. The van der Waals surface area contributed by atoms with Crippen molar-refractivity contribution in [1.82, 2.24) is 0 Å². The summed E-state index contributed by atoms with van der Waals surface area (Å²) in [5.74, 6) is 3.15. The third kappa shape index (κ3) is 3.34. The summed E-state index contributed by atoms with van der Waals surface area (Å²) in [5, 5.41) is 0. The van der Waals surface area contributed by atoms with Crippen LogP contribution in [0, 0.1) is 11.8 Å². The Labute approximate surface area is 106 Å². The van der Waals surface area contributed by atoms with E-state index in [1.165, 1.54) is 44.1 Å². The molecule has 0 amide bonds. The normalized spacial score (nSPS) is 20.2. The molecule has 0 radical (unpaired) electrons. The smallest absolute Gasteiger partial charge is 0.0523 e. The maximum absolute atomic E-state index is 2.31. The van der Waals surface area contributed by atoms with E-state index >= 15 is 0 Å². The molecule has 0 aliphatic heterocycles. The molecule has 1 aliphatic carbocycles. The van der Waals surface area contributed by atoms with Gasteiger partial charge in [0.05, 0.1) is 0 Å². The third-order valence-electron chi connectivity index (χ3n) is 4.15. The molecule has 1 unspecified atom stereocenters. The van der Waals surface area contributed by atoms with Gasteiger partial charge in [0.2, 0.25) is 0 Å². The molecule has 0 bridgehead atoms. The molecule has 1 atom stereocenters. The molecule has 1 aromatic rings. The Bertz CT molecular complexity index is 304. The van der Waals surface area contributed by atoms with Crippen molar-refractivity contribution in [3.8, 4) is 0 Å². The van der Waals surface area contributed by atoms with E-state index in [1.54, 1.807) is 5.92 Å². The summed E-state index contributed by atoms with van der Waals surface area (Å²) < 4.78 is 0. The first-order valence-electron chi connectivity index (χ1n) is 7.14. The van der Waals surface area contributed by atoms with E-state index in [1.807, 2.05) is 0 Å². The van der Waals surface area contributed by atoms with Crippen LogP contribution in [0.2, 0.25) is 0 Å². The minimum Gasteiger partial charge on any atom is -0.312 e. The van der Waals surface area contributed by atoms with Crippen LogP contribution in [0.25, 0.3) is 0 Å². The van der Waals surface area contributed by atoms with E-state index in [-0.39, 0.29) is 0 Å². The van der Waals surface area contributed by atoms with Gasteiger partial charge in [0, 0.05) is 0 Å². The van der Waals surface area contributed by atoms with E-state index in [9.17, 15) is 0 Å². The number of hydrogen-bond acceptors (Lipinski definition) is 0. The van der Waals surface area contributed by atoms with Gasteiger partial charge in [-0.25, -0.2) is 0 Å². The molecule has 0 N–H and O–H groups in total. The van der Waals surface area contributed by atoms with Crippen LogP contribution in [-0.2, 0) is 0 Å². The van der Waals surface area contributed by atoms with Crippen molar-refractivity contribution < 1.29 is 0 Å². The number of hydrogen-bond donors (Lipinski definition) is 0. The molecular weight excluding hydrogens is 204 g/mol. The highest BCUT2D eigenvalue weighted by molar-refractivity contribution is 5.25. The summed E-state index contributed by atoms with van der Waals surface area (Å²) >= 11 is 0. The average molecular weight is 229 g/mol. The Morgan fingerprint density at radius 2 is 1.53 bits per heavy atom. The molecule has 0 heterocycles. The predicted octanol–water partition coefficient (Wildman–Crippen LogP) is 5.35. The summed E-state index contributed by atoms with van der Waals surface area (Å²) in [6, 6.07) is 11.1. The van der Waals surface area contributed by atoms with Gasteiger partial charge in [-0.2, -0.15) is 13.8 Å². The van der Waals surface area contributed by atoms with Crippen molar-refractivity contribution >= 4 is 0 Å². The lowest BCUT2D eigenvalue weighted by atomic mass is 9.75. The van der Waals surface area contributed by atoms with Gasteiger partial charge < -0.3 is 5.92 Å². The van der Waals surface area contributed by atoms with Gasteiger partial charge in [0.1, 0.15) is 0 Å². The highest BCUT2D eigenvalue weighted by Crippen LogP contribution is 2.40. The first-order valence-corrected chi connectivity index (χ1v) is 7.14. The molecule has 94 valence electrons. The number of rotatable bonds is 3. The van der Waals surface area contributed by atoms with E-state index in [2.05, 4.69) is 44.2 Å². The average Bonchev–Trinajstić information content (AvgIpc) is 2.59. The second kappa shape index (κ2) is 6.23. The quantitative estimate of drug-likeness (QED) is 0.484. The zero-order valence-corrected chi connectivity index (χ0v) is 11.3. The molecule has 1 aromatic carbocycles. The van der Waals surface area contributed by atoms with Crippen LogP contribution in [0.1, 0.15) is 63.9 Å². The van der Waals surface area contributed by atoms with Crippen LogP contribution in [-0.4, -0.2) is 0 Å². The van der Waals surface area contributed by atoms with Crippen molar-refractivity contribution in [2.24, 2.45) is 5.92 Å². The van der Waals surface area contributed by atoms with Crippen LogP contribution in [0.4, 0.5) is 0 Å². The Balaban J connectivity index is 2.16. The summed E-state index contributed by atoms with van der Waals surface area (Å²) in [5.41, 5.74) is 1.53. The predicted molar refractivity (Wildman–Crippen MR) is 75.0 cm³/mol. The van der Waals surface area contributed by atoms with Crippen molar-refractivity contribution in [3.05, 3.63) is 41.8 Å². The van der Waals surface area contributed by atoms with Gasteiger partial charge in [-0.15, -0.1) is 5.92 Å². The topological polar surface area (TPSA) is 0 Å². The first-order chi connectivity index (χ1) is 8.29. The highest BCUT2D eigenvalue weighted by Gasteiger charge is 2.19. The maximum Gasteiger partial charge on any atom is -0.0523 e. The molecule has 17 heavy (non-hydrogen) atoms. The van der Waals surface area contributed by atoms with Gasteiger partial charge in [0.25, 0.3) is 0 Å². The lowest BCUT2D eigenvalue weighted by Gasteiger charge is -2.39. The summed E-state index contributed by atoms with van der Waals surface area (Å²) in [7, 11) is 0. The van der Waals surface area contributed by atoms with E-state index in [0.717, 1.165) is 5.92 Å². The zero-order chi connectivity index (χ0) is 12.1. The van der Waals surface area contributed by atoms with Gasteiger partial charge in [-0.05, 0) is 0 Å². The van der Waals surface area contributed by atoms with Crippen molar-refractivity contribution in [2.45, 2.75) is 58.3 Å². The molecule has 0 spiro atoms. The van der Waals surface area contributed by atoms with Gasteiger partial charge in [0.15, 0.2) is 0 Å². The van der Waals surface area contributed by atoms with E-state index in [0.29, 0.717) is 5.92 Å². The van der Waals surface area contributed by atoms with Crippen LogP contribution in [0.15, 0.2) is 30.3 Å². The largest absolute Gasteiger partial charge is 0.312 e. The Morgan fingerprint density at radius 3 is 2.06 bits per heavy atom. The van der Waals surface area contributed by atoms with E-state index < -0.39 is 0 Å². The molecule has 0 saturated heterocycles. The fourth-order valence-electron chi connectivity index (χ4n) is 3.38. The minimum absolute atomic E-state index is 0.689. The zero-order valence-electron chi connectivity index (χ0n) is 11.3. The summed E-state index contributed by atoms with van der Waals surface area (Å²) in [4.78, 5) is 0. The third-order valence-corrected chi connectivity index (χ3v) is 4.15. The monoisotopic (exact) mass is 229 g/mol. The number of benzene rings is 1. The van der Waals surface area contributed by atoms with Crippen LogP contribution < -0.4 is 0 Å². The fraction of sp³-hybridized carbons (Fsp3) is 0.588. The standard InChI is InChI=1S/C17H25/c1-14(2)17(16-12-8-5-9-13-16)15-10-6-3-4-7-11-15/h5,8-9,12-13,15,17H,3-4,6-7,10-11H2,1-2H3/q-1. The van der Waals surface area contributed by atoms with Gasteiger partial charge in [-0.1, -0.05) is 80.3 Å². The van der Waals surface area contributed by atoms with Crippen molar-refractivity contribution in [3.63, 3.8) is 0 Å². The van der Waals surface area contributed by atoms with E-state index in [4.69, 9.17) is 0 Å². The molecule has 2 rings (SSSR count). The van der Waals surface area contributed by atoms with Crippen LogP contribution >= 0.6 is 0 Å².